The number of carboxylic acids is 1. The van der Waals surface area contributed by atoms with Crippen molar-refractivity contribution in [3.05, 3.63) is 40.4 Å². The summed E-state index contributed by atoms with van der Waals surface area (Å²) in [7, 11) is 0. The number of furan rings is 1. The smallest absolute Gasteiger partial charge is 0.371 e. The van der Waals surface area contributed by atoms with Crippen LogP contribution in [0.15, 0.2) is 27.9 Å². The lowest BCUT2D eigenvalue weighted by Crippen LogP contribution is -2.08. The van der Waals surface area contributed by atoms with Gasteiger partial charge in [-0.05, 0) is 42.9 Å². The average Bonchev–Trinajstić information content (AvgIpc) is 3.16. The molecule has 5 nitrogen and oxygen atoms in total. The summed E-state index contributed by atoms with van der Waals surface area (Å²) in [5, 5.41) is 11.1. The molecule has 1 N–H and O–H groups in total. The maximum atomic E-state index is 10.9. The quantitative estimate of drug-likeness (QED) is 0.549. The highest BCUT2D eigenvalue weighted by molar-refractivity contribution is 7.98. The van der Waals surface area contributed by atoms with Gasteiger partial charge in [0.2, 0.25) is 5.76 Å². The molecule has 3 aromatic rings. The van der Waals surface area contributed by atoms with E-state index in [0.29, 0.717) is 11.5 Å². The molecule has 24 heavy (non-hydrogen) atoms. The van der Waals surface area contributed by atoms with Crippen LogP contribution < -0.4 is 0 Å². The molecule has 3 heterocycles. The van der Waals surface area contributed by atoms with Crippen molar-refractivity contribution < 1.29 is 14.3 Å². The maximum Gasteiger partial charge on any atom is 0.371 e. The minimum absolute atomic E-state index is 0.0275. The second-order valence-corrected chi connectivity index (χ2v) is 8.12. The van der Waals surface area contributed by atoms with Crippen LogP contribution >= 0.6 is 23.1 Å². The van der Waals surface area contributed by atoms with E-state index < -0.39 is 5.97 Å². The zero-order chi connectivity index (χ0) is 16.7. The Labute approximate surface area is 147 Å². The molecular weight excluding hydrogens is 344 g/mol. The summed E-state index contributed by atoms with van der Waals surface area (Å²) in [5.41, 5.74) is 1.40. The van der Waals surface area contributed by atoms with Crippen molar-refractivity contribution in [3.63, 3.8) is 0 Å². The summed E-state index contributed by atoms with van der Waals surface area (Å²) in [6, 6.07) is 3.20. The standard InChI is InChI=1S/C17H16N2O3S2/c1-9-2-4-11-13(6-9)24-16-14(11)15(18-8-19-16)23-7-10-3-5-12(22-10)17(20)21/h3,5,8-9H,2,4,6-7H2,1H3,(H,20,21). The third kappa shape index (κ3) is 2.82. The molecule has 4 rings (SSSR count). The predicted octanol–water partition coefficient (Wildman–Crippen LogP) is 4.40. The van der Waals surface area contributed by atoms with E-state index in [1.165, 1.54) is 28.3 Å². The highest BCUT2D eigenvalue weighted by Crippen LogP contribution is 2.41. The summed E-state index contributed by atoms with van der Waals surface area (Å²) in [6.07, 6.45) is 5.03. The third-order valence-electron chi connectivity index (χ3n) is 4.28. The fraction of sp³-hybridized carbons (Fsp3) is 0.353. The summed E-state index contributed by atoms with van der Waals surface area (Å²) in [6.45, 7) is 2.30. The molecule has 0 fully saturated rings. The number of thiophene rings is 1. The van der Waals surface area contributed by atoms with Crippen molar-refractivity contribution in [2.45, 2.75) is 37.0 Å². The van der Waals surface area contributed by atoms with E-state index in [-0.39, 0.29) is 5.76 Å². The van der Waals surface area contributed by atoms with Crippen LogP contribution in [0.5, 0.6) is 0 Å². The maximum absolute atomic E-state index is 10.9. The summed E-state index contributed by atoms with van der Waals surface area (Å²) in [5.74, 6) is 0.853. The first-order chi connectivity index (χ1) is 11.6. The van der Waals surface area contributed by atoms with Crippen LogP contribution in [-0.4, -0.2) is 21.0 Å². The molecule has 0 aliphatic heterocycles. The van der Waals surface area contributed by atoms with Crippen molar-refractivity contribution in [3.8, 4) is 0 Å². The Morgan fingerprint density at radius 1 is 1.46 bits per heavy atom. The summed E-state index contributed by atoms with van der Waals surface area (Å²) in [4.78, 5) is 22.3. The van der Waals surface area contributed by atoms with Crippen molar-refractivity contribution >= 4 is 39.3 Å². The SMILES string of the molecule is CC1CCc2c(sc3ncnc(SCc4ccc(C(=O)O)o4)c23)C1. The Balaban J connectivity index is 1.63. The lowest BCUT2D eigenvalue weighted by molar-refractivity contribution is 0.0661. The van der Waals surface area contributed by atoms with Crippen LogP contribution in [0.25, 0.3) is 10.2 Å². The lowest BCUT2D eigenvalue weighted by Gasteiger charge is -2.18. The lowest BCUT2D eigenvalue weighted by atomic mass is 9.89. The first kappa shape index (κ1) is 15.7. The zero-order valence-electron chi connectivity index (χ0n) is 13.1. The molecule has 0 saturated heterocycles. The van der Waals surface area contributed by atoms with E-state index in [4.69, 9.17) is 9.52 Å². The highest BCUT2D eigenvalue weighted by atomic mass is 32.2. The average molecular weight is 360 g/mol. The van der Waals surface area contributed by atoms with Crippen molar-refractivity contribution in [2.24, 2.45) is 5.92 Å². The number of carbonyl (C=O) groups is 1. The Hall–Kier alpha value is -1.86. The number of nitrogens with zero attached hydrogens (tertiary/aromatic N) is 2. The number of carboxylic acid groups (broad SMARTS) is 1. The molecule has 124 valence electrons. The van der Waals surface area contributed by atoms with Crippen LogP contribution in [0, 0.1) is 5.92 Å². The van der Waals surface area contributed by atoms with Gasteiger partial charge in [0, 0.05) is 10.3 Å². The molecule has 3 aromatic heterocycles. The molecule has 0 spiro atoms. The molecule has 1 atom stereocenters. The van der Waals surface area contributed by atoms with Gasteiger partial charge in [0.25, 0.3) is 0 Å². The van der Waals surface area contributed by atoms with E-state index in [9.17, 15) is 4.79 Å². The molecule has 0 bridgehead atoms. The van der Waals surface area contributed by atoms with Gasteiger partial charge in [0.1, 0.15) is 21.9 Å². The molecule has 1 aliphatic carbocycles. The number of aromatic nitrogens is 2. The second-order valence-electron chi connectivity index (χ2n) is 6.07. The largest absolute Gasteiger partial charge is 0.475 e. The second kappa shape index (κ2) is 6.22. The first-order valence-electron chi connectivity index (χ1n) is 7.82. The molecule has 1 unspecified atom stereocenters. The monoisotopic (exact) mass is 360 g/mol. The molecule has 7 heteroatoms. The number of hydrogen-bond acceptors (Lipinski definition) is 6. The number of aryl methyl sites for hydroxylation is 1. The summed E-state index contributed by atoms with van der Waals surface area (Å²) >= 11 is 3.36. The van der Waals surface area contributed by atoms with Gasteiger partial charge in [-0.1, -0.05) is 18.7 Å². The number of rotatable bonds is 4. The fourth-order valence-corrected chi connectivity index (χ4v) is 5.40. The predicted molar refractivity (Wildman–Crippen MR) is 93.8 cm³/mol. The van der Waals surface area contributed by atoms with Gasteiger partial charge in [0.15, 0.2) is 0 Å². The molecule has 0 amide bonds. The highest BCUT2D eigenvalue weighted by Gasteiger charge is 2.23. The van der Waals surface area contributed by atoms with Crippen LogP contribution in [0.2, 0.25) is 0 Å². The van der Waals surface area contributed by atoms with Crippen molar-refractivity contribution in [1.82, 2.24) is 9.97 Å². The van der Waals surface area contributed by atoms with E-state index in [2.05, 4.69) is 16.9 Å². The van der Waals surface area contributed by atoms with Crippen molar-refractivity contribution in [2.75, 3.05) is 0 Å². The Bertz CT molecular complexity index is 916. The molecule has 0 radical (unpaired) electrons. The first-order valence-corrected chi connectivity index (χ1v) is 9.62. The normalized spacial score (nSPS) is 17.1. The Morgan fingerprint density at radius 2 is 2.33 bits per heavy atom. The van der Waals surface area contributed by atoms with E-state index in [1.54, 1.807) is 35.5 Å². The van der Waals surface area contributed by atoms with Crippen molar-refractivity contribution in [1.29, 1.82) is 0 Å². The summed E-state index contributed by atoms with van der Waals surface area (Å²) < 4.78 is 5.33. The van der Waals surface area contributed by atoms with Gasteiger partial charge in [-0.3, -0.25) is 0 Å². The molecule has 0 saturated carbocycles. The van der Waals surface area contributed by atoms with Gasteiger partial charge in [-0.2, -0.15) is 0 Å². The van der Waals surface area contributed by atoms with Gasteiger partial charge in [-0.15, -0.1) is 11.3 Å². The third-order valence-corrected chi connectivity index (χ3v) is 6.45. The zero-order valence-corrected chi connectivity index (χ0v) is 14.7. The minimum Gasteiger partial charge on any atom is -0.475 e. The number of thioether (sulfide) groups is 1. The van der Waals surface area contributed by atoms with E-state index in [0.717, 1.165) is 28.6 Å². The minimum atomic E-state index is -1.04. The van der Waals surface area contributed by atoms with E-state index >= 15 is 0 Å². The number of fused-ring (bicyclic) bond motifs is 3. The van der Waals surface area contributed by atoms with Gasteiger partial charge >= 0.3 is 5.97 Å². The van der Waals surface area contributed by atoms with Gasteiger partial charge in [-0.25, -0.2) is 14.8 Å². The Kier molecular flexibility index (Phi) is 4.05. The van der Waals surface area contributed by atoms with Crippen LogP contribution in [0.1, 0.15) is 40.1 Å². The molecule has 1 aliphatic rings. The Morgan fingerprint density at radius 3 is 3.12 bits per heavy atom. The van der Waals surface area contributed by atoms with Crippen LogP contribution in [0.3, 0.4) is 0 Å². The van der Waals surface area contributed by atoms with Crippen LogP contribution in [0.4, 0.5) is 0 Å². The molecule has 0 aromatic carbocycles. The molecular formula is C17H16N2O3S2. The fourth-order valence-electron chi connectivity index (χ4n) is 3.07. The number of aromatic carboxylic acids is 1. The number of hydrogen-bond donors (Lipinski definition) is 1. The van der Waals surface area contributed by atoms with Crippen LogP contribution in [-0.2, 0) is 18.6 Å². The van der Waals surface area contributed by atoms with Gasteiger partial charge in [0.05, 0.1) is 5.75 Å². The van der Waals surface area contributed by atoms with Gasteiger partial charge < -0.3 is 9.52 Å². The topological polar surface area (TPSA) is 76.2 Å². The van der Waals surface area contributed by atoms with E-state index in [1.807, 2.05) is 0 Å².